The van der Waals surface area contributed by atoms with Crippen LogP contribution >= 0.6 is 0 Å². The Bertz CT molecular complexity index is 1220. The second-order valence-corrected chi connectivity index (χ2v) is 9.26. The molecule has 0 aliphatic rings. The summed E-state index contributed by atoms with van der Waals surface area (Å²) in [6.07, 6.45) is 3.54. The molecule has 32 heavy (non-hydrogen) atoms. The predicted molar refractivity (Wildman–Crippen MR) is 126 cm³/mol. The van der Waals surface area contributed by atoms with Gasteiger partial charge < -0.3 is 9.64 Å². The number of benzene rings is 2. The lowest BCUT2D eigenvalue weighted by molar-refractivity contribution is 0.0600. The zero-order chi connectivity index (χ0) is 23.1. The van der Waals surface area contributed by atoms with Crippen LogP contribution in [0.2, 0.25) is 0 Å². The van der Waals surface area contributed by atoms with Crippen LogP contribution in [-0.4, -0.2) is 58.1 Å². The van der Waals surface area contributed by atoms with E-state index in [4.69, 9.17) is 4.74 Å². The number of fused-ring (bicyclic) bond motifs is 1. The quantitative estimate of drug-likeness (QED) is 0.500. The van der Waals surface area contributed by atoms with Crippen molar-refractivity contribution in [3.8, 4) is 0 Å². The Morgan fingerprint density at radius 2 is 1.84 bits per heavy atom. The number of likely N-dealkylation sites (N-methyl/N-ethyl adjacent to an activating group) is 1. The SMILES string of the molecule is COC(=O)c1ccc(C=C(C)CN(C)CCNS(=O)(=O)c2nccc3ccccc23)cc1. The van der Waals surface area contributed by atoms with Crippen molar-refractivity contribution in [3.63, 3.8) is 0 Å². The van der Waals surface area contributed by atoms with E-state index in [9.17, 15) is 13.2 Å². The third kappa shape index (κ3) is 6.00. The second kappa shape index (κ2) is 10.5. The fourth-order valence-corrected chi connectivity index (χ4v) is 4.59. The Morgan fingerprint density at radius 1 is 1.12 bits per heavy atom. The number of carbonyl (C=O) groups is 1. The molecule has 1 N–H and O–H groups in total. The highest BCUT2D eigenvalue weighted by Gasteiger charge is 2.18. The third-order valence-electron chi connectivity index (χ3n) is 4.94. The first kappa shape index (κ1) is 23.6. The zero-order valence-electron chi connectivity index (χ0n) is 18.4. The van der Waals surface area contributed by atoms with Crippen LogP contribution in [0.1, 0.15) is 22.8 Å². The fraction of sp³-hybridized carbons (Fsp3) is 0.250. The normalized spacial score (nSPS) is 12.3. The van der Waals surface area contributed by atoms with Crippen molar-refractivity contribution in [1.82, 2.24) is 14.6 Å². The number of pyridine rings is 1. The second-order valence-electron chi connectivity index (χ2n) is 7.58. The molecule has 0 amide bonds. The molecule has 3 rings (SSSR count). The van der Waals surface area contributed by atoms with Crippen LogP contribution in [0.3, 0.4) is 0 Å². The van der Waals surface area contributed by atoms with E-state index in [-0.39, 0.29) is 17.5 Å². The number of methoxy groups -OCH3 is 1. The lowest BCUT2D eigenvalue weighted by Crippen LogP contribution is -2.34. The van der Waals surface area contributed by atoms with Crippen LogP contribution < -0.4 is 4.72 Å². The molecule has 2 aromatic carbocycles. The minimum absolute atomic E-state index is 0.0460. The summed E-state index contributed by atoms with van der Waals surface area (Å²) >= 11 is 0. The Labute approximate surface area is 188 Å². The highest BCUT2D eigenvalue weighted by atomic mass is 32.2. The van der Waals surface area contributed by atoms with Crippen molar-refractivity contribution < 1.29 is 17.9 Å². The summed E-state index contributed by atoms with van der Waals surface area (Å²) in [4.78, 5) is 17.6. The zero-order valence-corrected chi connectivity index (χ0v) is 19.2. The number of nitrogens with zero attached hydrogens (tertiary/aromatic N) is 2. The molecule has 0 atom stereocenters. The molecule has 1 aromatic heterocycles. The van der Waals surface area contributed by atoms with Gasteiger partial charge in [-0.05, 0) is 43.1 Å². The number of nitrogens with one attached hydrogen (secondary N) is 1. The summed E-state index contributed by atoms with van der Waals surface area (Å²) < 4.78 is 32.9. The minimum Gasteiger partial charge on any atom is -0.465 e. The molecule has 8 heteroatoms. The highest BCUT2D eigenvalue weighted by Crippen LogP contribution is 2.20. The van der Waals surface area contributed by atoms with Gasteiger partial charge >= 0.3 is 5.97 Å². The van der Waals surface area contributed by atoms with E-state index in [2.05, 4.69) is 9.71 Å². The molecular weight excluding hydrogens is 426 g/mol. The molecule has 7 nitrogen and oxygen atoms in total. The Balaban J connectivity index is 1.55. The molecule has 0 saturated heterocycles. The van der Waals surface area contributed by atoms with Crippen molar-refractivity contribution in [3.05, 3.63) is 77.5 Å². The van der Waals surface area contributed by atoms with Gasteiger partial charge in [-0.15, -0.1) is 0 Å². The lowest BCUT2D eigenvalue weighted by Gasteiger charge is -2.17. The van der Waals surface area contributed by atoms with Gasteiger partial charge in [-0.25, -0.2) is 22.9 Å². The van der Waals surface area contributed by atoms with E-state index in [0.717, 1.165) is 16.5 Å². The first-order chi connectivity index (χ1) is 15.3. The molecule has 0 unspecified atom stereocenters. The van der Waals surface area contributed by atoms with Gasteiger partial charge in [0.05, 0.1) is 12.7 Å². The number of ether oxygens (including phenoxy) is 1. The van der Waals surface area contributed by atoms with E-state index in [1.165, 1.54) is 13.3 Å². The number of aromatic nitrogens is 1. The summed E-state index contributed by atoms with van der Waals surface area (Å²) in [6, 6.07) is 16.3. The maximum absolute atomic E-state index is 12.8. The summed E-state index contributed by atoms with van der Waals surface area (Å²) in [5.74, 6) is -0.363. The molecule has 0 fully saturated rings. The van der Waals surface area contributed by atoms with Gasteiger partial charge in [-0.3, -0.25) is 0 Å². The topological polar surface area (TPSA) is 88.6 Å². The third-order valence-corrected chi connectivity index (χ3v) is 6.36. The molecule has 0 aliphatic heterocycles. The van der Waals surface area contributed by atoms with Gasteiger partial charge in [-0.2, -0.15) is 0 Å². The molecule has 3 aromatic rings. The van der Waals surface area contributed by atoms with Crippen molar-refractivity contribution in [1.29, 1.82) is 0 Å². The number of rotatable bonds is 9. The minimum atomic E-state index is -3.71. The molecule has 0 aliphatic carbocycles. The summed E-state index contributed by atoms with van der Waals surface area (Å²) in [7, 11) is -0.424. The van der Waals surface area contributed by atoms with Crippen LogP contribution in [0.5, 0.6) is 0 Å². The van der Waals surface area contributed by atoms with Gasteiger partial charge in [0.2, 0.25) is 0 Å². The Morgan fingerprint density at radius 3 is 2.56 bits per heavy atom. The average Bonchev–Trinajstić information content (AvgIpc) is 2.78. The van der Waals surface area contributed by atoms with Gasteiger partial charge in [0.15, 0.2) is 5.03 Å². The molecule has 0 radical (unpaired) electrons. The van der Waals surface area contributed by atoms with Gasteiger partial charge in [0.25, 0.3) is 10.0 Å². The molecule has 0 spiro atoms. The van der Waals surface area contributed by atoms with Crippen LogP contribution in [0, 0.1) is 0 Å². The predicted octanol–water partition coefficient (Wildman–Crippen LogP) is 3.34. The molecule has 0 bridgehead atoms. The number of carbonyl (C=O) groups excluding carboxylic acids is 1. The first-order valence-electron chi connectivity index (χ1n) is 10.2. The monoisotopic (exact) mass is 453 g/mol. The van der Waals surface area contributed by atoms with Crippen LogP contribution in [-0.2, 0) is 14.8 Å². The maximum atomic E-state index is 12.8. The number of hydrogen-bond acceptors (Lipinski definition) is 6. The fourth-order valence-electron chi connectivity index (χ4n) is 3.41. The maximum Gasteiger partial charge on any atom is 0.337 e. The van der Waals surface area contributed by atoms with Gasteiger partial charge in [-0.1, -0.05) is 48.0 Å². The lowest BCUT2D eigenvalue weighted by atomic mass is 10.1. The van der Waals surface area contributed by atoms with Crippen LogP contribution in [0.4, 0.5) is 0 Å². The molecule has 0 saturated carbocycles. The van der Waals surface area contributed by atoms with E-state index >= 15 is 0 Å². The van der Waals surface area contributed by atoms with Crippen molar-refractivity contribution >= 4 is 32.8 Å². The standard InChI is InChI=1S/C24H27N3O4S/c1-18(16-19-8-10-21(11-9-19)24(28)31-3)17-27(2)15-14-26-32(29,30)23-22-7-5-4-6-20(22)12-13-25-23/h4-13,16,26H,14-15,17H2,1-3H3. The summed E-state index contributed by atoms with van der Waals surface area (Å²) in [5.41, 5.74) is 2.59. The number of hydrogen-bond donors (Lipinski definition) is 1. The van der Waals surface area contributed by atoms with Crippen molar-refractivity contribution in [2.45, 2.75) is 11.9 Å². The summed E-state index contributed by atoms with van der Waals surface area (Å²) in [5, 5.41) is 1.48. The van der Waals surface area contributed by atoms with Crippen molar-refractivity contribution in [2.75, 3.05) is 33.8 Å². The average molecular weight is 454 g/mol. The number of sulfonamides is 1. The van der Waals surface area contributed by atoms with Gasteiger partial charge in [0.1, 0.15) is 0 Å². The van der Waals surface area contributed by atoms with E-state index in [1.54, 1.807) is 30.3 Å². The Kier molecular flexibility index (Phi) is 7.74. The molecule has 1 heterocycles. The van der Waals surface area contributed by atoms with Gasteiger partial charge in [0, 0.05) is 31.2 Å². The van der Waals surface area contributed by atoms with E-state index in [1.807, 2.05) is 49.2 Å². The van der Waals surface area contributed by atoms with Crippen LogP contribution in [0.25, 0.3) is 16.8 Å². The summed E-state index contributed by atoms with van der Waals surface area (Å²) in [6.45, 7) is 3.49. The smallest absolute Gasteiger partial charge is 0.337 e. The van der Waals surface area contributed by atoms with Crippen molar-refractivity contribution in [2.24, 2.45) is 0 Å². The largest absolute Gasteiger partial charge is 0.465 e. The van der Waals surface area contributed by atoms with Crippen LogP contribution in [0.15, 0.2) is 71.4 Å². The first-order valence-corrected chi connectivity index (χ1v) is 11.7. The van der Waals surface area contributed by atoms with E-state index in [0.29, 0.717) is 24.0 Å². The molecular formula is C24H27N3O4S. The highest BCUT2D eigenvalue weighted by molar-refractivity contribution is 7.89. The molecule has 168 valence electrons. The number of esters is 1. The Hall–Kier alpha value is -3.07. The van der Waals surface area contributed by atoms with E-state index < -0.39 is 10.0 Å².